The number of allylic oxidation sites excluding steroid dienone is 16. The van der Waals surface area contributed by atoms with Crippen LogP contribution >= 0.6 is 0 Å². The molecule has 0 radical (unpaired) electrons. The van der Waals surface area contributed by atoms with Gasteiger partial charge in [-0.25, -0.2) is 11.6 Å². The summed E-state index contributed by atoms with van der Waals surface area (Å²) in [4.78, 5) is 0. The van der Waals surface area contributed by atoms with E-state index in [0.29, 0.717) is 11.8 Å². The summed E-state index contributed by atoms with van der Waals surface area (Å²) in [6, 6.07) is 21.1. The van der Waals surface area contributed by atoms with Crippen LogP contribution in [0.2, 0.25) is 0 Å². The molecule has 0 amide bonds. The summed E-state index contributed by atoms with van der Waals surface area (Å²) in [5.74, 6) is 1.02. The second-order valence-corrected chi connectivity index (χ2v) is 18.0. The van der Waals surface area contributed by atoms with Crippen LogP contribution in [0.4, 0.5) is 0 Å². The number of fused-ring (bicyclic) bond motifs is 8. The zero-order valence-corrected chi connectivity index (χ0v) is 36.7. The molecule has 272 valence electrons. The van der Waals surface area contributed by atoms with Crippen molar-refractivity contribution in [3.8, 4) is 0 Å². The molecule has 2 aromatic carbocycles. The maximum atomic E-state index is 3.15. The number of halogens is 2. The zero-order chi connectivity index (χ0) is 36.2. The Hall–Kier alpha value is -2.31. The van der Waals surface area contributed by atoms with Crippen LogP contribution in [0.5, 0.6) is 0 Å². The third-order valence-corrected chi connectivity index (χ3v) is 16.7. The Morgan fingerprint density at radius 1 is 0.654 bits per heavy atom. The van der Waals surface area contributed by atoms with Gasteiger partial charge in [-0.15, -0.1) is 24.3 Å². The molecule has 0 spiro atoms. The molecule has 9 atom stereocenters. The number of benzene rings is 2. The van der Waals surface area contributed by atoms with Gasteiger partial charge in [-0.1, -0.05) is 128 Å². The van der Waals surface area contributed by atoms with Gasteiger partial charge in [-0.2, -0.15) is 6.08 Å². The Labute approximate surface area is 343 Å². The van der Waals surface area contributed by atoms with Gasteiger partial charge in [0.15, 0.2) is 0 Å². The van der Waals surface area contributed by atoms with Gasteiger partial charge in [0, 0.05) is 10.8 Å². The fourth-order valence-electron chi connectivity index (χ4n) is 11.4. The third kappa shape index (κ3) is 5.73. The molecular formula is C49H56Cl2Zr-2. The van der Waals surface area contributed by atoms with E-state index in [1.54, 1.807) is 0 Å². The molecule has 9 unspecified atom stereocenters. The average molecular weight is 807 g/mol. The van der Waals surface area contributed by atoms with Crippen LogP contribution in [0.15, 0.2) is 151 Å². The van der Waals surface area contributed by atoms with Crippen LogP contribution in [-0.2, 0) is 24.2 Å². The molecule has 0 aliphatic heterocycles. The van der Waals surface area contributed by atoms with E-state index in [4.69, 9.17) is 0 Å². The van der Waals surface area contributed by atoms with Crippen molar-refractivity contribution in [1.82, 2.24) is 0 Å². The number of rotatable bonds is 2. The van der Waals surface area contributed by atoms with Gasteiger partial charge in [0.1, 0.15) is 0 Å². The first-order valence-electron chi connectivity index (χ1n) is 18.5. The SMILES string of the molecule is CC1=CC(C)[C-]=C1.CC1=CC=CC2[CH-]C3(C)C4(C)C=CC=CC4(C)C4(C)C=CC=CC4(C)C3(C)C12C.[Cl-].[Cl-].[Zr+2]=[C](c1ccccc1)c1ccccc1. The Morgan fingerprint density at radius 2 is 1.12 bits per heavy atom. The Morgan fingerprint density at radius 3 is 1.56 bits per heavy atom. The first-order chi connectivity index (χ1) is 23.6. The Bertz CT molecular complexity index is 1850. The molecule has 52 heavy (non-hydrogen) atoms. The fourth-order valence-corrected chi connectivity index (χ4v) is 12.2. The molecule has 6 aliphatic rings. The van der Waals surface area contributed by atoms with Gasteiger partial charge < -0.3 is 31.2 Å². The standard InChI is InChI=1S/C29H37.C13H10.C7H9.2ClH.Zr/c1-21-14-13-15-22-20-27(6)25(4)18-10-9-16-23(25,2)24(3)17-11-12-19-26(24,5)29(27,8)28(21,22)7;1-3-7-12(8-4-1)11-13-9-5-2-6-10-13;1-6-3-4-7(2)5-6;;;/h9-20,22H,1-8H3;1-10H;3,5,7H,1-2H3;2*1H;/q-1;;-1;;;+2/p-2. The third-order valence-electron chi connectivity index (χ3n) is 15.2. The van der Waals surface area contributed by atoms with Crippen molar-refractivity contribution in [2.75, 3.05) is 0 Å². The van der Waals surface area contributed by atoms with Crippen molar-refractivity contribution in [3.63, 3.8) is 0 Å². The molecule has 2 aromatic rings. The molecule has 0 nitrogen and oxygen atoms in total. The van der Waals surface area contributed by atoms with E-state index in [-0.39, 0.29) is 62.7 Å². The topological polar surface area (TPSA) is 0 Å². The molecule has 0 aromatic heterocycles. The molecule has 6 aliphatic carbocycles. The molecule has 8 rings (SSSR count). The molecule has 2 fully saturated rings. The molecule has 2 saturated carbocycles. The summed E-state index contributed by atoms with van der Waals surface area (Å²) >= 11 is 1.46. The number of hydrogen-bond donors (Lipinski definition) is 0. The minimum absolute atomic E-state index is 0. The van der Waals surface area contributed by atoms with Crippen LogP contribution in [0.25, 0.3) is 0 Å². The van der Waals surface area contributed by atoms with Crippen LogP contribution in [-0.4, -0.2) is 3.21 Å². The summed E-state index contributed by atoms with van der Waals surface area (Å²) < 4.78 is 1.42. The van der Waals surface area contributed by atoms with Crippen LogP contribution in [0.3, 0.4) is 0 Å². The van der Waals surface area contributed by atoms with E-state index in [0.717, 1.165) is 0 Å². The average Bonchev–Trinajstić information content (AvgIpc) is 3.59. The van der Waals surface area contributed by atoms with Gasteiger partial charge in [-0.3, -0.25) is 6.08 Å². The van der Waals surface area contributed by atoms with Gasteiger partial charge in [0.05, 0.1) is 0 Å². The van der Waals surface area contributed by atoms with Crippen molar-refractivity contribution in [1.29, 1.82) is 0 Å². The molecule has 0 heterocycles. The van der Waals surface area contributed by atoms with Gasteiger partial charge in [0.2, 0.25) is 0 Å². The molecule has 0 bridgehead atoms. The van der Waals surface area contributed by atoms with Gasteiger partial charge in [-0.05, 0) is 28.6 Å². The fraction of sp³-hybridized carbons (Fsp3) is 0.388. The first-order valence-corrected chi connectivity index (χ1v) is 19.7. The maximum absolute atomic E-state index is 3.15. The minimum atomic E-state index is 0. The summed E-state index contributed by atoms with van der Waals surface area (Å²) in [5.41, 5.74) is 5.73. The van der Waals surface area contributed by atoms with Crippen LogP contribution in [0.1, 0.15) is 80.4 Å². The van der Waals surface area contributed by atoms with Gasteiger partial charge in [0.25, 0.3) is 0 Å². The van der Waals surface area contributed by atoms with Crippen molar-refractivity contribution < 1.29 is 49.0 Å². The van der Waals surface area contributed by atoms with Crippen LogP contribution in [0, 0.1) is 62.2 Å². The monoisotopic (exact) mass is 804 g/mol. The Kier molecular flexibility index (Phi) is 12.3. The predicted molar refractivity (Wildman–Crippen MR) is 211 cm³/mol. The summed E-state index contributed by atoms with van der Waals surface area (Å²) in [6.07, 6.45) is 36.6. The van der Waals surface area contributed by atoms with Crippen molar-refractivity contribution >= 4 is 3.21 Å². The van der Waals surface area contributed by atoms with Crippen molar-refractivity contribution in [2.24, 2.45) is 49.7 Å². The first kappa shape index (κ1) is 42.4. The quantitative estimate of drug-likeness (QED) is 0.309. The van der Waals surface area contributed by atoms with Crippen LogP contribution < -0.4 is 24.8 Å². The summed E-state index contributed by atoms with van der Waals surface area (Å²) in [7, 11) is 0. The molecular weight excluding hydrogens is 751 g/mol. The van der Waals surface area contributed by atoms with E-state index >= 15 is 0 Å². The van der Waals surface area contributed by atoms with E-state index in [1.165, 1.54) is 49.7 Å². The molecule has 0 saturated heterocycles. The normalized spacial score (nSPS) is 39.4. The van der Waals surface area contributed by atoms with E-state index in [1.807, 2.05) is 6.08 Å². The Balaban J connectivity index is 0.000000218. The van der Waals surface area contributed by atoms with Crippen molar-refractivity contribution in [2.45, 2.75) is 69.2 Å². The number of hydrogen-bond acceptors (Lipinski definition) is 0. The van der Waals surface area contributed by atoms with E-state index in [2.05, 4.69) is 215 Å². The second kappa shape index (κ2) is 15.1. The van der Waals surface area contributed by atoms with E-state index in [9.17, 15) is 0 Å². The summed E-state index contributed by atoms with van der Waals surface area (Å²) in [5, 5.41) is 0. The summed E-state index contributed by atoms with van der Waals surface area (Å²) in [6.45, 7) is 24.5. The second-order valence-electron chi connectivity index (χ2n) is 16.8. The zero-order valence-electron chi connectivity index (χ0n) is 32.8. The van der Waals surface area contributed by atoms with E-state index < -0.39 is 0 Å². The molecule has 0 N–H and O–H groups in total. The van der Waals surface area contributed by atoms with Crippen molar-refractivity contribution in [3.05, 3.63) is 174 Å². The molecule has 3 heteroatoms. The van der Waals surface area contributed by atoms with Gasteiger partial charge >= 0.3 is 99.2 Å². The predicted octanol–water partition coefficient (Wildman–Crippen LogP) is 6.40.